The van der Waals surface area contributed by atoms with E-state index in [1.807, 2.05) is 12.1 Å². The summed E-state index contributed by atoms with van der Waals surface area (Å²) < 4.78 is 39.7. The Hall–Kier alpha value is -1.81. The molecule has 2 unspecified atom stereocenters. The van der Waals surface area contributed by atoms with Crippen molar-refractivity contribution in [2.45, 2.75) is 37.8 Å². The standard InChI is InChI=1S/C21H24F3N/c1-14-16-7-4-5-8-18(16)19(9-6-12-25(2)3)20-13-15(21(22,23)24)10-11-17(14)20/h4-5,7-8,10-11,13-14,19H,6,9,12H2,1-3H3/p+1. The van der Waals surface area contributed by atoms with Crippen LogP contribution < -0.4 is 4.90 Å². The van der Waals surface area contributed by atoms with Gasteiger partial charge >= 0.3 is 6.18 Å². The van der Waals surface area contributed by atoms with Crippen molar-refractivity contribution in [1.82, 2.24) is 0 Å². The van der Waals surface area contributed by atoms with Crippen molar-refractivity contribution in [2.24, 2.45) is 0 Å². The molecule has 2 atom stereocenters. The average Bonchev–Trinajstić information content (AvgIpc) is 2.56. The van der Waals surface area contributed by atoms with Gasteiger partial charge < -0.3 is 4.90 Å². The van der Waals surface area contributed by atoms with E-state index in [4.69, 9.17) is 0 Å². The molecular weight excluding hydrogens is 323 g/mol. The number of rotatable bonds is 4. The van der Waals surface area contributed by atoms with E-state index < -0.39 is 11.7 Å². The van der Waals surface area contributed by atoms with Crippen molar-refractivity contribution in [1.29, 1.82) is 0 Å². The van der Waals surface area contributed by atoms with Gasteiger partial charge in [0.05, 0.1) is 26.2 Å². The molecule has 3 rings (SSSR count). The molecule has 1 nitrogen and oxygen atoms in total. The van der Waals surface area contributed by atoms with Crippen LogP contribution in [0.4, 0.5) is 13.2 Å². The first-order valence-corrected chi connectivity index (χ1v) is 8.88. The zero-order valence-electron chi connectivity index (χ0n) is 15.0. The summed E-state index contributed by atoms with van der Waals surface area (Å²) in [6, 6.07) is 12.5. The van der Waals surface area contributed by atoms with Crippen LogP contribution in [0, 0.1) is 0 Å². The zero-order chi connectivity index (χ0) is 18.2. The second kappa shape index (κ2) is 6.83. The molecule has 0 radical (unpaired) electrons. The topological polar surface area (TPSA) is 4.44 Å². The molecule has 0 saturated carbocycles. The molecule has 1 aliphatic rings. The van der Waals surface area contributed by atoms with Crippen molar-refractivity contribution in [3.05, 3.63) is 70.3 Å². The van der Waals surface area contributed by atoms with Gasteiger partial charge in [-0.15, -0.1) is 0 Å². The Kier molecular flexibility index (Phi) is 4.92. The van der Waals surface area contributed by atoms with Gasteiger partial charge in [0, 0.05) is 11.8 Å². The molecule has 0 spiro atoms. The fourth-order valence-corrected chi connectivity index (χ4v) is 3.98. The van der Waals surface area contributed by atoms with Crippen molar-refractivity contribution in [3.63, 3.8) is 0 Å². The van der Waals surface area contributed by atoms with E-state index in [-0.39, 0.29) is 11.8 Å². The predicted molar refractivity (Wildman–Crippen MR) is 94.2 cm³/mol. The van der Waals surface area contributed by atoms with Crippen LogP contribution in [-0.4, -0.2) is 20.6 Å². The van der Waals surface area contributed by atoms with Gasteiger partial charge in [0.25, 0.3) is 0 Å². The molecule has 0 fully saturated rings. The van der Waals surface area contributed by atoms with Crippen LogP contribution in [0.5, 0.6) is 0 Å². The van der Waals surface area contributed by atoms with Gasteiger partial charge in [0.1, 0.15) is 0 Å². The van der Waals surface area contributed by atoms with Crippen LogP contribution in [0.1, 0.15) is 59.4 Å². The lowest BCUT2D eigenvalue weighted by molar-refractivity contribution is -0.858. The summed E-state index contributed by atoms with van der Waals surface area (Å²) in [5, 5.41) is 0. The highest BCUT2D eigenvalue weighted by Gasteiger charge is 2.35. The molecule has 0 heterocycles. The number of quaternary nitrogens is 1. The van der Waals surface area contributed by atoms with Gasteiger partial charge in [-0.3, -0.25) is 0 Å². The summed E-state index contributed by atoms with van der Waals surface area (Å²) in [7, 11) is 4.21. The Morgan fingerprint density at radius 2 is 1.56 bits per heavy atom. The summed E-state index contributed by atoms with van der Waals surface area (Å²) in [5.74, 6) is 0.174. The Morgan fingerprint density at radius 1 is 0.920 bits per heavy atom. The summed E-state index contributed by atoms with van der Waals surface area (Å²) in [6.07, 6.45) is -2.43. The minimum absolute atomic E-state index is 0.0454. The van der Waals surface area contributed by atoms with Crippen LogP contribution in [0.3, 0.4) is 0 Å². The number of hydrogen-bond acceptors (Lipinski definition) is 0. The van der Waals surface area contributed by atoms with Crippen molar-refractivity contribution in [2.75, 3.05) is 20.6 Å². The smallest absolute Gasteiger partial charge is 0.340 e. The van der Waals surface area contributed by atoms with E-state index in [9.17, 15) is 13.2 Å². The molecule has 1 aliphatic carbocycles. The number of alkyl halides is 3. The average molecular weight is 348 g/mol. The van der Waals surface area contributed by atoms with Crippen molar-refractivity contribution in [3.8, 4) is 0 Å². The molecule has 2 aromatic carbocycles. The van der Waals surface area contributed by atoms with Crippen LogP contribution in [0.15, 0.2) is 42.5 Å². The van der Waals surface area contributed by atoms with Crippen LogP contribution in [-0.2, 0) is 6.18 Å². The normalized spacial score (nSPS) is 19.6. The lowest BCUT2D eigenvalue weighted by Gasteiger charge is -2.33. The largest absolute Gasteiger partial charge is 0.416 e. The fraction of sp³-hybridized carbons (Fsp3) is 0.429. The molecule has 0 saturated heterocycles. The maximum absolute atomic E-state index is 13.2. The maximum Gasteiger partial charge on any atom is 0.416 e. The Bertz CT molecular complexity index is 749. The molecule has 0 aromatic heterocycles. The monoisotopic (exact) mass is 348 g/mol. The molecular formula is C21H25F3N+. The van der Waals surface area contributed by atoms with Gasteiger partial charge in [-0.2, -0.15) is 13.2 Å². The van der Waals surface area contributed by atoms with Gasteiger partial charge in [0.15, 0.2) is 0 Å². The first-order chi connectivity index (χ1) is 11.8. The van der Waals surface area contributed by atoms with E-state index in [1.165, 1.54) is 28.2 Å². The van der Waals surface area contributed by atoms with Gasteiger partial charge in [0.2, 0.25) is 0 Å². The summed E-state index contributed by atoms with van der Waals surface area (Å²) in [6.45, 7) is 3.10. The quantitative estimate of drug-likeness (QED) is 0.843. The zero-order valence-corrected chi connectivity index (χ0v) is 15.0. The van der Waals surface area contributed by atoms with Gasteiger partial charge in [-0.05, 0) is 47.2 Å². The first kappa shape index (κ1) is 18.0. The molecule has 2 aromatic rings. The number of fused-ring (bicyclic) bond motifs is 2. The highest BCUT2D eigenvalue weighted by atomic mass is 19.4. The third kappa shape index (κ3) is 3.59. The van der Waals surface area contributed by atoms with Crippen molar-refractivity contribution >= 4 is 0 Å². The SMILES string of the molecule is CC1c2ccccc2C(CCC[NH+](C)C)c2cc(C(F)(F)F)ccc21. The van der Waals surface area contributed by atoms with Crippen LogP contribution in [0.2, 0.25) is 0 Å². The molecule has 4 heteroatoms. The Balaban J connectivity index is 2.05. The maximum atomic E-state index is 13.2. The number of halogens is 3. The molecule has 134 valence electrons. The van der Waals surface area contributed by atoms with Gasteiger partial charge in [-0.25, -0.2) is 0 Å². The molecule has 0 bridgehead atoms. The Labute approximate surface area is 147 Å². The number of nitrogens with one attached hydrogen (secondary N) is 1. The summed E-state index contributed by atoms with van der Waals surface area (Å²) in [4.78, 5) is 1.36. The third-order valence-electron chi connectivity index (χ3n) is 5.26. The van der Waals surface area contributed by atoms with Gasteiger partial charge in [-0.1, -0.05) is 37.3 Å². The molecule has 0 aliphatic heterocycles. The van der Waals surface area contributed by atoms with Crippen LogP contribution in [0.25, 0.3) is 0 Å². The molecule has 0 amide bonds. The fourth-order valence-electron chi connectivity index (χ4n) is 3.98. The van der Waals surface area contributed by atoms with E-state index in [1.54, 1.807) is 6.07 Å². The second-order valence-corrected chi connectivity index (χ2v) is 7.34. The molecule has 1 N–H and O–H groups in total. The van der Waals surface area contributed by atoms with E-state index in [2.05, 4.69) is 33.2 Å². The second-order valence-electron chi connectivity index (χ2n) is 7.34. The minimum Gasteiger partial charge on any atom is -0.340 e. The summed E-state index contributed by atoms with van der Waals surface area (Å²) >= 11 is 0. The number of hydrogen-bond donors (Lipinski definition) is 1. The number of benzene rings is 2. The first-order valence-electron chi connectivity index (χ1n) is 8.88. The Morgan fingerprint density at radius 3 is 2.20 bits per heavy atom. The lowest BCUT2D eigenvalue weighted by atomic mass is 9.71. The third-order valence-corrected chi connectivity index (χ3v) is 5.26. The van der Waals surface area contributed by atoms with E-state index in [0.29, 0.717) is 0 Å². The molecule has 25 heavy (non-hydrogen) atoms. The van der Waals surface area contributed by atoms with Crippen LogP contribution >= 0.6 is 0 Å². The predicted octanol–water partition coefficient (Wildman–Crippen LogP) is 4.23. The highest BCUT2D eigenvalue weighted by molar-refractivity contribution is 5.53. The summed E-state index contributed by atoms with van der Waals surface area (Å²) in [5.41, 5.74) is 3.79. The van der Waals surface area contributed by atoms with E-state index >= 15 is 0 Å². The highest BCUT2D eigenvalue weighted by Crippen LogP contribution is 2.46. The van der Waals surface area contributed by atoms with E-state index in [0.717, 1.165) is 30.5 Å². The minimum atomic E-state index is -4.30. The lowest BCUT2D eigenvalue weighted by Crippen LogP contribution is -3.05. The van der Waals surface area contributed by atoms with Crippen molar-refractivity contribution < 1.29 is 18.1 Å².